The van der Waals surface area contributed by atoms with Gasteiger partial charge in [-0.15, -0.1) is 11.3 Å². The Morgan fingerprint density at radius 1 is 1.11 bits per heavy atom. The van der Waals surface area contributed by atoms with Gasteiger partial charge in [0.1, 0.15) is 10.9 Å². The van der Waals surface area contributed by atoms with Crippen LogP contribution in [0.3, 0.4) is 0 Å². The lowest BCUT2D eigenvalue weighted by Crippen LogP contribution is -2.12. The Kier molecular flexibility index (Phi) is 8.26. The van der Waals surface area contributed by atoms with Crippen LogP contribution in [0, 0.1) is 18.3 Å². The number of benzene rings is 1. The molecule has 0 saturated heterocycles. The molecule has 3 aromatic rings. The molecule has 0 aliphatic rings. The van der Waals surface area contributed by atoms with Gasteiger partial charge in [0, 0.05) is 40.0 Å². The molecule has 182 valence electrons. The van der Waals surface area contributed by atoms with Crippen molar-refractivity contribution in [1.29, 1.82) is 5.26 Å². The number of Topliss-reactive ketones (excluding diaryl/α,β-unsaturated/α-hetero) is 1. The van der Waals surface area contributed by atoms with Gasteiger partial charge in [-0.05, 0) is 52.3 Å². The third kappa shape index (κ3) is 5.36. The average molecular weight is 493 g/mol. The quantitative estimate of drug-likeness (QED) is 0.217. The van der Waals surface area contributed by atoms with Crippen LogP contribution in [0.25, 0.3) is 17.0 Å². The van der Waals surface area contributed by atoms with E-state index in [-0.39, 0.29) is 41.7 Å². The second kappa shape index (κ2) is 11.2. The lowest BCUT2D eigenvalue weighted by Gasteiger charge is -2.08. The van der Waals surface area contributed by atoms with E-state index in [0.717, 1.165) is 27.8 Å². The fraction of sp³-hybridized carbons (Fsp3) is 0.333. The Bertz CT molecular complexity index is 1350. The van der Waals surface area contributed by atoms with E-state index in [2.05, 4.69) is 18.4 Å². The molecule has 7 nitrogen and oxygen atoms in total. The number of nitrogens with zero attached hydrogens (tertiary/aromatic N) is 2. The van der Waals surface area contributed by atoms with Crippen molar-refractivity contribution in [3.05, 3.63) is 62.5 Å². The Morgan fingerprint density at radius 3 is 2.40 bits per heavy atom. The Morgan fingerprint density at radius 2 is 1.77 bits per heavy atom. The van der Waals surface area contributed by atoms with Crippen molar-refractivity contribution in [3.63, 3.8) is 0 Å². The van der Waals surface area contributed by atoms with Crippen LogP contribution in [-0.4, -0.2) is 35.5 Å². The van der Waals surface area contributed by atoms with E-state index in [1.54, 1.807) is 26.8 Å². The van der Waals surface area contributed by atoms with Gasteiger partial charge >= 0.3 is 11.9 Å². The summed E-state index contributed by atoms with van der Waals surface area (Å²) < 4.78 is 12.4. The second-order valence-electron chi connectivity index (χ2n) is 8.17. The molecule has 2 heterocycles. The lowest BCUT2D eigenvalue weighted by molar-refractivity contribution is -0.114. The molecule has 8 heteroatoms. The number of carbonyl (C=O) groups excluding carboxylic acids is 3. The summed E-state index contributed by atoms with van der Waals surface area (Å²) in [5, 5.41) is 10.7. The van der Waals surface area contributed by atoms with E-state index >= 15 is 0 Å². The number of rotatable bonds is 9. The lowest BCUT2D eigenvalue weighted by atomic mass is 10.0. The van der Waals surface area contributed by atoms with Crippen LogP contribution in [0.15, 0.2) is 36.0 Å². The number of hydrogen-bond donors (Lipinski definition) is 0. The molecule has 1 aromatic carbocycles. The fourth-order valence-corrected chi connectivity index (χ4v) is 5.09. The minimum Gasteiger partial charge on any atom is -0.462 e. The number of fused-ring (bicyclic) bond motifs is 1. The fourth-order valence-electron chi connectivity index (χ4n) is 3.91. The van der Waals surface area contributed by atoms with Gasteiger partial charge in [0.2, 0.25) is 0 Å². The molecule has 0 bridgehead atoms. The number of nitriles is 1. The molecule has 0 aliphatic carbocycles. The smallest absolute Gasteiger partial charge is 0.348 e. The van der Waals surface area contributed by atoms with Crippen LogP contribution in [0.1, 0.15) is 69.8 Å². The standard InChI is InChI=1S/C27H28N2O5S/c1-6-33-26(31)24-17(5)25(27(32)34-7-2)35-23(24)13-22(30)18(14-28)12-19-15-29(16(3)4)21-11-9-8-10-20(19)21/h8-12,15-16H,6-7,13H2,1-5H3/b18-12+. The van der Waals surface area contributed by atoms with Crippen LogP contribution < -0.4 is 0 Å². The van der Waals surface area contributed by atoms with E-state index in [1.807, 2.05) is 36.5 Å². The highest BCUT2D eigenvalue weighted by molar-refractivity contribution is 7.14. The Labute approximate surface area is 208 Å². The molecule has 0 atom stereocenters. The van der Waals surface area contributed by atoms with Crippen molar-refractivity contribution in [1.82, 2.24) is 4.57 Å². The van der Waals surface area contributed by atoms with Crippen molar-refractivity contribution < 1.29 is 23.9 Å². The first-order valence-corrected chi connectivity index (χ1v) is 12.3. The molecule has 35 heavy (non-hydrogen) atoms. The first kappa shape index (κ1) is 25.9. The highest BCUT2D eigenvalue weighted by atomic mass is 32.1. The second-order valence-corrected chi connectivity index (χ2v) is 9.27. The molecule has 0 radical (unpaired) electrons. The zero-order valence-electron chi connectivity index (χ0n) is 20.5. The van der Waals surface area contributed by atoms with Crippen LogP contribution >= 0.6 is 11.3 Å². The van der Waals surface area contributed by atoms with Crippen molar-refractivity contribution in [3.8, 4) is 6.07 Å². The number of carbonyl (C=O) groups is 3. The van der Waals surface area contributed by atoms with Gasteiger partial charge in [-0.1, -0.05) is 18.2 Å². The first-order chi connectivity index (χ1) is 16.7. The number of ketones is 1. The molecule has 0 N–H and O–H groups in total. The Balaban J connectivity index is 2.02. The predicted molar refractivity (Wildman–Crippen MR) is 136 cm³/mol. The summed E-state index contributed by atoms with van der Waals surface area (Å²) in [4.78, 5) is 38.9. The van der Waals surface area contributed by atoms with E-state index < -0.39 is 17.7 Å². The van der Waals surface area contributed by atoms with Crippen molar-refractivity contribution >= 4 is 46.0 Å². The van der Waals surface area contributed by atoms with Crippen molar-refractivity contribution in [2.75, 3.05) is 13.2 Å². The van der Waals surface area contributed by atoms with Crippen LogP contribution in [0.4, 0.5) is 0 Å². The number of esters is 2. The Hall–Kier alpha value is -3.70. The maximum atomic E-state index is 13.2. The van der Waals surface area contributed by atoms with Gasteiger partial charge in [-0.3, -0.25) is 4.79 Å². The molecular weight excluding hydrogens is 464 g/mol. The van der Waals surface area contributed by atoms with Gasteiger partial charge in [0.25, 0.3) is 0 Å². The molecule has 0 fully saturated rings. The molecular formula is C27H28N2O5S. The number of aromatic nitrogens is 1. The summed E-state index contributed by atoms with van der Waals surface area (Å²) in [7, 11) is 0. The molecule has 0 amide bonds. The largest absolute Gasteiger partial charge is 0.462 e. The number of allylic oxidation sites excluding steroid dienone is 1. The zero-order valence-corrected chi connectivity index (χ0v) is 21.3. The maximum Gasteiger partial charge on any atom is 0.348 e. The average Bonchev–Trinajstić information content (AvgIpc) is 3.35. The monoisotopic (exact) mass is 492 g/mol. The molecule has 0 unspecified atom stereocenters. The number of thiophene rings is 1. The van der Waals surface area contributed by atoms with Crippen molar-refractivity contribution in [2.45, 2.75) is 47.1 Å². The van der Waals surface area contributed by atoms with Gasteiger partial charge in [-0.2, -0.15) is 5.26 Å². The normalized spacial score (nSPS) is 11.5. The molecule has 2 aromatic heterocycles. The topological polar surface area (TPSA) is 98.4 Å². The third-order valence-corrected chi connectivity index (χ3v) is 6.80. The highest BCUT2D eigenvalue weighted by Gasteiger charge is 2.28. The van der Waals surface area contributed by atoms with E-state index in [4.69, 9.17) is 9.47 Å². The SMILES string of the molecule is CCOC(=O)c1sc(CC(=O)/C(C#N)=C/c2cn(C(C)C)c3ccccc23)c(C(=O)OCC)c1C. The summed E-state index contributed by atoms with van der Waals surface area (Å²) >= 11 is 1.02. The minimum absolute atomic E-state index is 0.0322. The molecule has 0 saturated carbocycles. The van der Waals surface area contributed by atoms with E-state index in [0.29, 0.717) is 10.4 Å². The number of ether oxygens (including phenoxy) is 2. The van der Waals surface area contributed by atoms with Crippen LogP contribution in [-0.2, 0) is 20.7 Å². The number of hydrogen-bond acceptors (Lipinski definition) is 7. The van der Waals surface area contributed by atoms with Gasteiger partial charge in [0.05, 0.1) is 24.4 Å². The van der Waals surface area contributed by atoms with Crippen LogP contribution in [0.5, 0.6) is 0 Å². The number of para-hydroxylation sites is 1. The highest BCUT2D eigenvalue weighted by Crippen LogP contribution is 2.32. The predicted octanol–water partition coefficient (Wildman–Crippen LogP) is 5.66. The summed E-state index contributed by atoms with van der Waals surface area (Å²) in [6, 6.07) is 10.0. The first-order valence-electron chi connectivity index (χ1n) is 11.4. The summed E-state index contributed by atoms with van der Waals surface area (Å²) in [5.41, 5.74) is 2.34. The zero-order chi connectivity index (χ0) is 25.7. The van der Waals surface area contributed by atoms with Gasteiger partial charge in [-0.25, -0.2) is 9.59 Å². The summed E-state index contributed by atoms with van der Waals surface area (Å²) in [5.74, 6) is -1.62. The third-order valence-electron chi connectivity index (χ3n) is 5.53. The summed E-state index contributed by atoms with van der Waals surface area (Å²) in [6.07, 6.45) is 3.31. The van der Waals surface area contributed by atoms with E-state index in [9.17, 15) is 19.6 Å². The van der Waals surface area contributed by atoms with Crippen LogP contribution in [0.2, 0.25) is 0 Å². The van der Waals surface area contributed by atoms with Crippen molar-refractivity contribution in [2.24, 2.45) is 0 Å². The van der Waals surface area contributed by atoms with Gasteiger partial charge in [0.15, 0.2) is 5.78 Å². The maximum absolute atomic E-state index is 13.2. The molecule has 0 spiro atoms. The minimum atomic E-state index is -0.609. The van der Waals surface area contributed by atoms with E-state index in [1.165, 1.54) is 0 Å². The molecule has 3 rings (SSSR count). The summed E-state index contributed by atoms with van der Waals surface area (Å²) in [6.45, 7) is 9.47. The molecule has 0 aliphatic heterocycles. The van der Waals surface area contributed by atoms with Gasteiger partial charge < -0.3 is 14.0 Å².